The molecule has 2 atom stereocenters. The SMILES string of the molecule is CC[C@@H](C)NC(=O)[C@@H](CC)N(Cc1ccccc1)C(=O)Cc1ccccc1[N+](=O)[O-]. The number of carbonyl (C=O) groups is 2. The predicted octanol–water partition coefficient (Wildman–Crippen LogP) is 3.86. The van der Waals surface area contributed by atoms with Gasteiger partial charge in [-0.05, 0) is 25.3 Å². The van der Waals surface area contributed by atoms with Crippen molar-refractivity contribution in [3.05, 3.63) is 75.8 Å². The second-order valence-corrected chi connectivity index (χ2v) is 7.31. The van der Waals surface area contributed by atoms with Gasteiger partial charge in [-0.15, -0.1) is 0 Å². The fourth-order valence-corrected chi connectivity index (χ4v) is 3.24. The van der Waals surface area contributed by atoms with Crippen molar-refractivity contribution in [1.29, 1.82) is 0 Å². The van der Waals surface area contributed by atoms with Crippen LogP contribution in [0.3, 0.4) is 0 Å². The topological polar surface area (TPSA) is 92.6 Å². The Morgan fingerprint density at radius 1 is 1.03 bits per heavy atom. The number of amides is 2. The first kappa shape index (κ1) is 23.1. The largest absolute Gasteiger partial charge is 0.352 e. The van der Waals surface area contributed by atoms with Gasteiger partial charge < -0.3 is 10.2 Å². The molecule has 2 aromatic rings. The lowest BCUT2D eigenvalue weighted by Gasteiger charge is -2.31. The minimum atomic E-state index is -0.658. The third kappa shape index (κ3) is 6.14. The fourth-order valence-electron chi connectivity index (χ4n) is 3.24. The molecule has 0 heterocycles. The van der Waals surface area contributed by atoms with E-state index in [2.05, 4.69) is 5.32 Å². The molecule has 0 saturated carbocycles. The van der Waals surface area contributed by atoms with Gasteiger partial charge in [0.25, 0.3) is 5.69 Å². The van der Waals surface area contributed by atoms with Crippen molar-refractivity contribution in [2.24, 2.45) is 0 Å². The summed E-state index contributed by atoms with van der Waals surface area (Å²) in [6.07, 6.45) is 1.08. The number of hydrogen-bond donors (Lipinski definition) is 1. The first-order valence-electron chi connectivity index (χ1n) is 10.2. The lowest BCUT2D eigenvalue weighted by molar-refractivity contribution is -0.385. The zero-order valence-electron chi connectivity index (χ0n) is 17.7. The predicted molar refractivity (Wildman–Crippen MR) is 116 cm³/mol. The minimum Gasteiger partial charge on any atom is -0.352 e. The summed E-state index contributed by atoms with van der Waals surface area (Å²) in [5.74, 6) is -0.530. The van der Waals surface area contributed by atoms with Crippen LogP contribution in [0.2, 0.25) is 0 Å². The van der Waals surface area contributed by atoms with Crippen LogP contribution in [0.1, 0.15) is 44.7 Å². The van der Waals surface area contributed by atoms with Gasteiger partial charge in [0.05, 0.1) is 11.3 Å². The molecule has 7 nitrogen and oxygen atoms in total. The van der Waals surface area contributed by atoms with Crippen LogP contribution in [0, 0.1) is 10.1 Å². The number of rotatable bonds is 10. The van der Waals surface area contributed by atoms with Crippen molar-refractivity contribution >= 4 is 17.5 Å². The van der Waals surface area contributed by atoms with Crippen LogP contribution >= 0.6 is 0 Å². The van der Waals surface area contributed by atoms with Crippen LogP contribution in [-0.4, -0.2) is 33.7 Å². The van der Waals surface area contributed by atoms with Gasteiger partial charge in [0.15, 0.2) is 0 Å². The van der Waals surface area contributed by atoms with Crippen LogP contribution in [0.4, 0.5) is 5.69 Å². The summed E-state index contributed by atoms with van der Waals surface area (Å²) in [6.45, 7) is 6.01. The van der Waals surface area contributed by atoms with Crippen molar-refractivity contribution in [2.45, 2.75) is 58.7 Å². The molecule has 0 bridgehead atoms. The summed E-state index contributed by atoms with van der Waals surface area (Å²) in [5.41, 5.74) is 1.13. The van der Waals surface area contributed by atoms with Gasteiger partial charge in [0, 0.05) is 24.2 Å². The Bertz CT molecular complexity index is 870. The van der Waals surface area contributed by atoms with E-state index in [0.717, 1.165) is 12.0 Å². The van der Waals surface area contributed by atoms with E-state index in [4.69, 9.17) is 0 Å². The number of nitrogens with one attached hydrogen (secondary N) is 1. The molecule has 30 heavy (non-hydrogen) atoms. The zero-order chi connectivity index (χ0) is 22.1. The molecule has 0 radical (unpaired) electrons. The van der Waals surface area contributed by atoms with Gasteiger partial charge in [0.2, 0.25) is 11.8 Å². The highest BCUT2D eigenvalue weighted by molar-refractivity contribution is 5.89. The molecule has 0 spiro atoms. The molecule has 0 saturated heterocycles. The Hall–Kier alpha value is -3.22. The van der Waals surface area contributed by atoms with E-state index in [9.17, 15) is 19.7 Å². The molecule has 160 valence electrons. The quantitative estimate of drug-likeness (QED) is 0.475. The minimum absolute atomic E-state index is 0.00422. The zero-order valence-corrected chi connectivity index (χ0v) is 17.7. The van der Waals surface area contributed by atoms with E-state index >= 15 is 0 Å². The monoisotopic (exact) mass is 411 g/mol. The van der Waals surface area contributed by atoms with Crippen LogP contribution in [0.25, 0.3) is 0 Å². The van der Waals surface area contributed by atoms with Crippen molar-refractivity contribution in [2.75, 3.05) is 0 Å². The molecule has 2 amide bonds. The van der Waals surface area contributed by atoms with Crippen LogP contribution < -0.4 is 5.32 Å². The number of carbonyl (C=O) groups excluding carboxylic acids is 2. The van der Waals surface area contributed by atoms with Gasteiger partial charge >= 0.3 is 0 Å². The third-order valence-electron chi connectivity index (χ3n) is 5.11. The van der Waals surface area contributed by atoms with Gasteiger partial charge in [-0.2, -0.15) is 0 Å². The van der Waals surface area contributed by atoms with Crippen molar-refractivity contribution in [3.8, 4) is 0 Å². The molecule has 2 aromatic carbocycles. The van der Waals surface area contributed by atoms with E-state index in [-0.39, 0.29) is 36.5 Å². The van der Waals surface area contributed by atoms with E-state index in [1.807, 2.05) is 51.1 Å². The van der Waals surface area contributed by atoms with Gasteiger partial charge in [0.1, 0.15) is 6.04 Å². The molecule has 0 aliphatic carbocycles. The Balaban J connectivity index is 2.33. The smallest absolute Gasteiger partial charge is 0.273 e. The molecule has 0 aliphatic heterocycles. The van der Waals surface area contributed by atoms with E-state index in [1.54, 1.807) is 18.2 Å². The second-order valence-electron chi connectivity index (χ2n) is 7.31. The Morgan fingerprint density at radius 2 is 1.67 bits per heavy atom. The van der Waals surface area contributed by atoms with Gasteiger partial charge in [-0.3, -0.25) is 19.7 Å². The molecule has 0 fully saturated rings. The maximum absolute atomic E-state index is 13.3. The average Bonchev–Trinajstić information content (AvgIpc) is 2.74. The number of para-hydroxylation sites is 1. The summed E-state index contributed by atoms with van der Waals surface area (Å²) >= 11 is 0. The molecule has 1 N–H and O–H groups in total. The number of nitro benzene ring substituents is 1. The van der Waals surface area contributed by atoms with Crippen molar-refractivity contribution in [3.63, 3.8) is 0 Å². The first-order valence-corrected chi connectivity index (χ1v) is 10.2. The summed E-state index contributed by atoms with van der Waals surface area (Å²) in [4.78, 5) is 38.5. The highest BCUT2D eigenvalue weighted by atomic mass is 16.6. The van der Waals surface area contributed by atoms with Crippen molar-refractivity contribution in [1.82, 2.24) is 10.2 Å². The van der Waals surface area contributed by atoms with Crippen LogP contribution in [0.15, 0.2) is 54.6 Å². The summed E-state index contributed by atoms with van der Waals surface area (Å²) in [7, 11) is 0. The second kappa shape index (κ2) is 11.1. The first-order chi connectivity index (χ1) is 14.4. The summed E-state index contributed by atoms with van der Waals surface area (Å²) in [5, 5.41) is 14.3. The van der Waals surface area contributed by atoms with E-state index in [1.165, 1.54) is 11.0 Å². The highest BCUT2D eigenvalue weighted by Gasteiger charge is 2.30. The number of nitro groups is 1. The number of nitrogens with zero attached hydrogens (tertiary/aromatic N) is 2. The number of hydrogen-bond acceptors (Lipinski definition) is 4. The molecule has 0 unspecified atom stereocenters. The molecular formula is C23H29N3O4. The average molecular weight is 412 g/mol. The van der Waals surface area contributed by atoms with Crippen LogP contribution in [-0.2, 0) is 22.6 Å². The maximum atomic E-state index is 13.3. The summed E-state index contributed by atoms with van der Waals surface area (Å²) in [6, 6.07) is 15.0. The Morgan fingerprint density at radius 3 is 2.27 bits per heavy atom. The van der Waals surface area contributed by atoms with Gasteiger partial charge in [-0.25, -0.2) is 0 Å². The van der Waals surface area contributed by atoms with E-state index in [0.29, 0.717) is 12.0 Å². The molecular weight excluding hydrogens is 382 g/mol. The van der Waals surface area contributed by atoms with Gasteiger partial charge in [-0.1, -0.05) is 62.4 Å². The lowest BCUT2D eigenvalue weighted by Crippen LogP contribution is -2.51. The normalized spacial score (nSPS) is 12.6. The third-order valence-corrected chi connectivity index (χ3v) is 5.11. The molecule has 0 aromatic heterocycles. The van der Waals surface area contributed by atoms with Crippen LogP contribution in [0.5, 0.6) is 0 Å². The molecule has 7 heteroatoms. The van der Waals surface area contributed by atoms with E-state index < -0.39 is 11.0 Å². The van der Waals surface area contributed by atoms with Crippen molar-refractivity contribution < 1.29 is 14.5 Å². The summed E-state index contributed by atoms with van der Waals surface area (Å²) < 4.78 is 0. The Kier molecular flexibility index (Phi) is 8.53. The standard InChI is InChI=1S/C23H29N3O4/c1-4-17(3)24-23(28)20(5-2)25(16-18-11-7-6-8-12-18)22(27)15-19-13-9-10-14-21(19)26(29)30/h6-14,17,20H,4-5,15-16H2,1-3H3,(H,24,28)/t17-,20-/m1/s1. The fraction of sp³-hybridized carbons (Fsp3) is 0.391. The molecule has 2 rings (SSSR count). The molecule has 0 aliphatic rings. The lowest BCUT2D eigenvalue weighted by atomic mass is 10.0. The Labute approximate surface area is 177 Å². The maximum Gasteiger partial charge on any atom is 0.273 e. The highest BCUT2D eigenvalue weighted by Crippen LogP contribution is 2.21. The number of benzene rings is 2.